The van der Waals surface area contributed by atoms with Gasteiger partial charge in [-0.25, -0.2) is 4.99 Å². The smallest absolute Gasteiger partial charge is 0.188 e. The molecule has 0 saturated carbocycles. The standard InChI is InChI=1S/C14H21N3O.HI/c1-11(2)10-17-14(15)16-9-8-12-6-4-5-7-13(12)18-3;/h4-7H,1,8-10H2,2-3H3,(H3,15,16,17);1H. The third-order valence-electron chi connectivity index (χ3n) is 2.41. The monoisotopic (exact) mass is 375 g/mol. The van der Waals surface area contributed by atoms with Gasteiger partial charge in [0.05, 0.1) is 13.7 Å². The summed E-state index contributed by atoms with van der Waals surface area (Å²) in [6.07, 6.45) is 0.841. The van der Waals surface area contributed by atoms with Crippen molar-refractivity contribution >= 4 is 29.9 Å². The first kappa shape index (κ1) is 17.8. The van der Waals surface area contributed by atoms with E-state index in [1.54, 1.807) is 7.11 Å². The van der Waals surface area contributed by atoms with Crippen LogP contribution in [0.4, 0.5) is 0 Å². The van der Waals surface area contributed by atoms with Crippen LogP contribution in [0.3, 0.4) is 0 Å². The highest BCUT2D eigenvalue weighted by molar-refractivity contribution is 14.0. The van der Waals surface area contributed by atoms with Crippen molar-refractivity contribution in [1.82, 2.24) is 5.32 Å². The van der Waals surface area contributed by atoms with Gasteiger partial charge in [0.25, 0.3) is 0 Å². The number of halogens is 1. The van der Waals surface area contributed by atoms with Gasteiger partial charge in [-0.3, -0.25) is 0 Å². The van der Waals surface area contributed by atoms with Crippen molar-refractivity contribution in [2.45, 2.75) is 13.3 Å². The molecule has 0 aliphatic carbocycles. The van der Waals surface area contributed by atoms with Gasteiger partial charge in [-0.2, -0.15) is 0 Å². The molecule has 0 spiro atoms. The number of methoxy groups -OCH3 is 1. The van der Waals surface area contributed by atoms with E-state index in [0.29, 0.717) is 12.5 Å². The minimum atomic E-state index is 0. The van der Waals surface area contributed by atoms with Crippen LogP contribution < -0.4 is 15.8 Å². The Bertz CT molecular complexity index is 432. The fourth-order valence-corrected chi connectivity index (χ4v) is 1.51. The average Bonchev–Trinajstić information content (AvgIpc) is 2.37. The number of aliphatic imine (C=N–C) groups is 1. The summed E-state index contributed by atoms with van der Waals surface area (Å²) in [5.74, 6) is 1.35. The van der Waals surface area contributed by atoms with Crippen LogP contribution in [0.5, 0.6) is 5.75 Å². The molecular weight excluding hydrogens is 353 g/mol. The van der Waals surface area contributed by atoms with Crippen molar-refractivity contribution in [2.75, 3.05) is 20.2 Å². The zero-order valence-corrected chi connectivity index (χ0v) is 13.8. The van der Waals surface area contributed by atoms with E-state index in [1.165, 1.54) is 0 Å². The molecule has 3 N–H and O–H groups in total. The molecule has 0 bridgehead atoms. The fourth-order valence-electron chi connectivity index (χ4n) is 1.51. The lowest BCUT2D eigenvalue weighted by Gasteiger charge is -2.09. The van der Waals surface area contributed by atoms with Crippen LogP contribution in [0, 0.1) is 0 Å². The summed E-state index contributed by atoms with van der Waals surface area (Å²) in [6, 6.07) is 7.95. The lowest BCUT2D eigenvalue weighted by Crippen LogP contribution is -2.33. The number of guanidine groups is 1. The summed E-state index contributed by atoms with van der Waals surface area (Å²) >= 11 is 0. The molecule has 0 aliphatic rings. The first-order valence-electron chi connectivity index (χ1n) is 5.93. The lowest BCUT2D eigenvalue weighted by molar-refractivity contribution is 0.409. The number of hydrogen-bond acceptors (Lipinski definition) is 2. The molecule has 0 unspecified atom stereocenters. The number of benzene rings is 1. The Labute approximate surface area is 132 Å². The molecule has 0 radical (unpaired) electrons. The fraction of sp³-hybridized carbons (Fsp3) is 0.357. The highest BCUT2D eigenvalue weighted by atomic mass is 127. The number of hydrogen-bond donors (Lipinski definition) is 2. The second-order valence-electron chi connectivity index (χ2n) is 4.15. The minimum absolute atomic E-state index is 0. The van der Waals surface area contributed by atoms with Gasteiger partial charge < -0.3 is 15.8 Å². The Balaban J connectivity index is 0.00000324. The normalized spacial score (nSPS) is 10.5. The van der Waals surface area contributed by atoms with Crippen LogP contribution in [-0.2, 0) is 6.42 Å². The minimum Gasteiger partial charge on any atom is -0.496 e. The number of nitrogens with zero attached hydrogens (tertiary/aromatic N) is 1. The predicted octanol–water partition coefficient (Wildman–Crippen LogP) is 2.34. The van der Waals surface area contributed by atoms with Crippen LogP contribution >= 0.6 is 24.0 Å². The maximum atomic E-state index is 5.72. The molecule has 0 fully saturated rings. The number of para-hydroxylation sites is 1. The summed E-state index contributed by atoms with van der Waals surface area (Å²) in [5.41, 5.74) is 7.87. The summed E-state index contributed by atoms with van der Waals surface area (Å²) in [5, 5.41) is 3.07. The van der Waals surface area contributed by atoms with E-state index in [4.69, 9.17) is 10.5 Å². The molecule has 4 nitrogen and oxygen atoms in total. The van der Waals surface area contributed by atoms with Gasteiger partial charge in [-0.1, -0.05) is 30.4 Å². The van der Waals surface area contributed by atoms with Gasteiger partial charge >= 0.3 is 0 Å². The molecular formula is C14H22IN3O. The molecule has 0 heterocycles. The van der Waals surface area contributed by atoms with Gasteiger partial charge in [0.15, 0.2) is 5.96 Å². The topological polar surface area (TPSA) is 59.6 Å². The van der Waals surface area contributed by atoms with E-state index in [2.05, 4.69) is 16.9 Å². The molecule has 106 valence electrons. The molecule has 0 saturated heterocycles. The van der Waals surface area contributed by atoms with Crippen LogP contribution in [0.1, 0.15) is 12.5 Å². The third kappa shape index (κ3) is 7.05. The molecule has 0 aliphatic heterocycles. The van der Waals surface area contributed by atoms with E-state index in [1.807, 2.05) is 31.2 Å². The van der Waals surface area contributed by atoms with Crippen LogP contribution in [0.25, 0.3) is 0 Å². The van der Waals surface area contributed by atoms with Gasteiger partial charge in [0.1, 0.15) is 5.75 Å². The molecule has 0 amide bonds. The van der Waals surface area contributed by atoms with E-state index >= 15 is 0 Å². The SMILES string of the molecule is C=C(C)CN=C(N)NCCc1ccccc1OC.I. The van der Waals surface area contributed by atoms with Crippen LogP contribution in [-0.4, -0.2) is 26.2 Å². The lowest BCUT2D eigenvalue weighted by atomic mass is 10.1. The molecule has 5 heteroatoms. The maximum Gasteiger partial charge on any atom is 0.188 e. The summed E-state index contributed by atoms with van der Waals surface area (Å²) in [6.45, 7) is 6.98. The number of ether oxygens (including phenoxy) is 1. The van der Waals surface area contributed by atoms with Crippen molar-refractivity contribution in [2.24, 2.45) is 10.7 Å². The van der Waals surface area contributed by atoms with E-state index in [0.717, 1.165) is 29.9 Å². The zero-order valence-electron chi connectivity index (χ0n) is 11.5. The second kappa shape index (κ2) is 9.66. The Morgan fingerprint density at radius 2 is 2.11 bits per heavy atom. The Kier molecular flexibility index (Phi) is 9.03. The van der Waals surface area contributed by atoms with Gasteiger partial charge in [0.2, 0.25) is 0 Å². The molecule has 1 aromatic rings. The van der Waals surface area contributed by atoms with E-state index in [9.17, 15) is 0 Å². The average molecular weight is 375 g/mol. The quantitative estimate of drug-likeness (QED) is 0.347. The van der Waals surface area contributed by atoms with Crippen LogP contribution in [0.2, 0.25) is 0 Å². The zero-order chi connectivity index (χ0) is 13.4. The molecule has 0 aromatic heterocycles. The van der Waals surface area contributed by atoms with Crippen molar-refractivity contribution in [1.29, 1.82) is 0 Å². The summed E-state index contributed by atoms with van der Waals surface area (Å²) in [4.78, 5) is 4.15. The highest BCUT2D eigenvalue weighted by Gasteiger charge is 2.01. The first-order chi connectivity index (χ1) is 8.63. The molecule has 0 atom stereocenters. The summed E-state index contributed by atoms with van der Waals surface area (Å²) in [7, 11) is 1.68. The highest BCUT2D eigenvalue weighted by Crippen LogP contribution is 2.16. The number of nitrogens with two attached hydrogens (primary N) is 1. The van der Waals surface area contributed by atoms with E-state index in [-0.39, 0.29) is 24.0 Å². The maximum absolute atomic E-state index is 5.72. The van der Waals surface area contributed by atoms with Crippen molar-refractivity contribution in [3.63, 3.8) is 0 Å². The van der Waals surface area contributed by atoms with Gasteiger partial charge in [0, 0.05) is 6.54 Å². The number of nitrogens with one attached hydrogen (secondary N) is 1. The molecule has 1 aromatic carbocycles. The first-order valence-corrected chi connectivity index (χ1v) is 5.93. The molecule has 1 rings (SSSR count). The Hall–Kier alpha value is -1.24. The van der Waals surface area contributed by atoms with Gasteiger partial charge in [-0.15, -0.1) is 24.0 Å². The van der Waals surface area contributed by atoms with E-state index < -0.39 is 0 Å². The van der Waals surface area contributed by atoms with Gasteiger partial charge in [-0.05, 0) is 25.0 Å². The number of rotatable bonds is 6. The Morgan fingerprint density at radius 1 is 1.42 bits per heavy atom. The second-order valence-corrected chi connectivity index (χ2v) is 4.15. The van der Waals surface area contributed by atoms with Crippen molar-refractivity contribution in [3.8, 4) is 5.75 Å². The van der Waals surface area contributed by atoms with Crippen molar-refractivity contribution < 1.29 is 4.74 Å². The molecule has 19 heavy (non-hydrogen) atoms. The van der Waals surface area contributed by atoms with Crippen LogP contribution in [0.15, 0.2) is 41.4 Å². The largest absolute Gasteiger partial charge is 0.496 e. The third-order valence-corrected chi connectivity index (χ3v) is 2.41. The predicted molar refractivity (Wildman–Crippen MR) is 91.4 cm³/mol. The Morgan fingerprint density at radius 3 is 2.74 bits per heavy atom. The van der Waals surface area contributed by atoms with Crippen molar-refractivity contribution in [3.05, 3.63) is 42.0 Å². The summed E-state index contributed by atoms with van der Waals surface area (Å²) < 4.78 is 5.28.